The Balaban J connectivity index is 1.91. The second-order valence-electron chi connectivity index (χ2n) is 6.60. The third-order valence-corrected chi connectivity index (χ3v) is 4.55. The van der Waals surface area contributed by atoms with Gasteiger partial charge in [0.15, 0.2) is 0 Å². The van der Waals surface area contributed by atoms with Crippen LogP contribution in [0.4, 0.5) is 0 Å². The number of hydrogen-bond acceptors (Lipinski definition) is 6. The first-order valence-corrected chi connectivity index (χ1v) is 8.28. The van der Waals surface area contributed by atoms with Crippen LogP contribution in [-0.4, -0.2) is 75.7 Å². The van der Waals surface area contributed by atoms with E-state index < -0.39 is 12.2 Å². The fourth-order valence-electron chi connectivity index (χ4n) is 3.10. The zero-order valence-corrected chi connectivity index (χ0v) is 14.9. The molecule has 0 bridgehead atoms. The molecule has 8 heteroatoms. The van der Waals surface area contributed by atoms with Gasteiger partial charge in [0.25, 0.3) is 0 Å². The van der Waals surface area contributed by atoms with E-state index in [-0.39, 0.29) is 42.0 Å². The van der Waals surface area contributed by atoms with Crippen LogP contribution in [0.3, 0.4) is 0 Å². The molecule has 138 valence electrons. The van der Waals surface area contributed by atoms with Gasteiger partial charge in [-0.15, -0.1) is 0 Å². The van der Waals surface area contributed by atoms with E-state index >= 15 is 0 Å². The molecule has 2 rings (SSSR count). The third kappa shape index (κ3) is 4.05. The molecule has 2 saturated heterocycles. The Hall–Kier alpha value is -1.22. The van der Waals surface area contributed by atoms with Crippen molar-refractivity contribution in [2.24, 2.45) is 5.92 Å². The van der Waals surface area contributed by atoms with Gasteiger partial charge in [0.05, 0.1) is 25.3 Å². The Kier molecular flexibility index (Phi) is 6.56. The highest BCUT2D eigenvalue weighted by molar-refractivity contribution is 5.81. The number of hydrogen-bond donors (Lipinski definition) is 2. The number of methoxy groups -OCH3 is 2. The van der Waals surface area contributed by atoms with Crippen LogP contribution in [0.15, 0.2) is 0 Å². The monoisotopic (exact) mass is 344 g/mol. The van der Waals surface area contributed by atoms with Crippen LogP contribution >= 0.6 is 0 Å². The van der Waals surface area contributed by atoms with Crippen LogP contribution in [0.2, 0.25) is 0 Å². The number of carbonyl (C=O) groups excluding carboxylic acids is 2. The first-order chi connectivity index (χ1) is 11.4. The largest absolute Gasteiger partial charge is 0.372 e. The van der Waals surface area contributed by atoms with Gasteiger partial charge in [-0.05, 0) is 12.8 Å². The fraction of sp³-hybridized carbons (Fsp3) is 0.875. The Morgan fingerprint density at radius 3 is 1.83 bits per heavy atom. The molecule has 0 aromatic rings. The first-order valence-electron chi connectivity index (χ1n) is 8.28. The summed E-state index contributed by atoms with van der Waals surface area (Å²) in [5.41, 5.74) is 0. The van der Waals surface area contributed by atoms with Gasteiger partial charge in [-0.3, -0.25) is 9.59 Å². The van der Waals surface area contributed by atoms with Crippen LogP contribution in [0.1, 0.15) is 20.8 Å². The molecular formula is C16H28N2O6. The predicted octanol–water partition coefficient (Wildman–Crippen LogP) is -0.540. The molecule has 24 heavy (non-hydrogen) atoms. The Morgan fingerprint density at radius 2 is 1.42 bits per heavy atom. The van der Waals surface area contributed by atoms with E-state index in [2.05, 4.69) is 10.6 Å². The summed E-state index contributed by atoms with van der Waals surface area (Å²) >= 11 is 0. The van der Waals surface area contributed by atoms with Crippen molar-refractivity contribution in [2.45, 2.75) is 57.3 Å². The zero-order chi connectivity index (χ0) is 17.9. The number of carbonyl (C=O) groups is 2. The van der Waals surface area contributed by atoms with E-state index in [0.29, 0.717) is 13.2 Å². The van der Waals surface area contributed by atoms with E-state index in [1.165, 1.54) is 14.2 Å². The smallest absolute Gasteiger partial charge is 0.249 e. The minimum absolute atomic E-state index is 0.0696. The predicted molar refractivity (Wildman–Crippen MR) is 85.4 cm³/mol. The normalized spacial score (nSPS) is 31.6. The lowest BCUT2D eigenvalue weighted by atomic mass is 10.0. The maximum atomic E-state index is 12.3. The SMILES string of the molecule is COC(C(=O)N[C@H]1CO[C@H]2[C@@H]1OC[C@@H]2NC(=O)[C@@H](C)OC)C(C)C. The van der Waals surface area contributed by atoms with E-state index in [1.807, 2.05) is 13.8 Å². The van der Waals surface area contributed by atoms with Gasteiger partial charge >= 0.3 is 0 Å². The lowest BCUT2D eigenvalue weighted by molar-refractivity contribution is -0.135. The average Bonchev–Trinajstić information content (AvgIpc) is 3.10. The second kappa shape index (κ2) is 8.24. The van der Waals surface area contributed by atoms with Crippen molar-refractivity contribution >= 4 is 11.8 Å². The topological polar surface area (TPSA) is 95.1 Å². The van der Waals surface area contributed by atoms with Gasteiger partial charge in [-0.2, -0.15) is 0 Å². The molecule has 2 aliphatic rings. The van der Waals surface area contributed by atoms with Crippen molar-refractivity contribution < 1.29 is 28.5 Å². The third-order valence-electron chi connectivity index (χ3n) is 4.55. The molecule has 0 spiro atoms. The fourth-order valence-corrected chi connectivity index (χ4v) is 3.10. The van der Waals surface area contributed by atoms with Crippen LogP contribution in [0.5, 0.6) is 0 Å². The number of rotatable bonds is 7. The summed E-state index contributed by atoms with van der Waals surface area (Å²) in [6.45, 7) is 6.23. The van der Waals surface area contributed by atoms with Gasteiger partial charge in [0.1, 0.15) is 24.4 Å². The van der Waals surface area contributed by atoms with Gasteiger partial charge in [-0.1, -0.05) is 13.8 Å². The maximum absolute atomic E-state index is 12.3. The van der Waals surface area contributed by atoms with Gasteiger partial charge in [0.2, 0.25) is 11.8 Å². The average molecular weight is 344 g/mol. The summed E-state index contributed by atoms with van der Waals surface area (Å²) in [5.74, 6) is -0.312. The van der Waals surface area contributed by atoms with Crippen LogP contribution in [0, 0.1) is 5.92 Å². The highest BCUT2D eigenvalue weighted by atomic mass is 16.6. The number of fused-ring (bicyclic) bond motifs is 1. The zero-order valence-electron chi connectivity index (χ0n) is 14.9. The van der Waals surface area contributed by atoms with E-state index in [1.54, 1.807) is 6.92 Å². The van der Waals surface area contributed by atoms with Crippen LogP contribution in [-0.2, 0) is 28.5 Å². The molecule has 2 heterocycles. The number of nitrogens with one attached hydrogen (secondary N) is 2. The molecule has 8 nitrogen and oxygen atoms in total. The summed E-state index contributed by atoms with van der Waals surface area (Å²) in [6.07, 6.45) is -1.59. The molecule has 1 unspecified atom stereocenters. The van der Waals surface area contributed by atoms with Crippen molar-refractivity contribution in [1.29, 1.82) is 0 Å². The summed E-state index contributed by atoms with van der Waals surface area (Å²) in [7, 11) is 3.00. The summed E-state index contributed by atoms with van der Waals surface area (Å²) in [4.78, 5) is 24.3. The molecule has 2 fully saturated rings. The molecule has 2 N–H and O–H groups in total. The summed E-state index contributed by atoms with van der Waals surface area (Å²) < 4.78 is 21.8. The standard InChI is InChI=1S/C16H28N2O6/c1-8(2)12(22-5)16(20)18-11-7-24-13-10(6-23-14(11)13)17-15(19)9(3)21-4/h8-14H,6-7H2,1-5H3,(H,17,19)(H,18,20)/t9-,10+,11+,12?,13-,14-/m1/s1. The molecule has 0 aromatic carbocycles. The van der Waals surface area contributed by atoms with Gasteiger partial charge in [0, 0.05) is 14.2 Å². The maximum Gasteiger partial charge on any atom is 0.249 e. The summed E-state index contributed by atoms with van der Waals surface area (Å²) in [5, 5.41) is 5.81. The second-order valence-corrected chi connectivity index (χ2v) is 6.60. The van der Waals surface area contributed by atoms with E-state index in [4.69, 9.17) is 18.9 Å². The lowest BCUT2D eigenvalue weighted by Gasteiger charge is -2.23. The van der Waals surface area contributed by atoms with E-state index in [0.717, 1.165) is 0 Å². The Bertz CT molecular complexity index is 458. The molecule has 6 atom stereocenters. The summed E-state index contributed by atoms with van der Waals surface area (Å²) in [6, 6.07) is -0.494. The molecule has 2 amide bonds. The van der Waals surface area contributed by atoms with Crippen molar-refractivity contribution in [3.63, 3.8) is 0 Å². The lowest BCUT2D eigenvalue weighted by Crippen LogP contribution is -2.50. The molecule has 0 aromatic heterocycles. The molecule has 0 aliphatic carbocycles. The minimum Gasteiger partial charge on any atom is -0.372 e. The van der Waals surface area contributed by atoms with Crippen molar-refractivity contribution in [3.05, 3.63) is 0 Å². The number of ether oxygens (including phenoxy) is 4. The van der Waals surface area contributed by atoms with Crippen LogP contribution < -0.4 is 10.6 Å². The van der Waals surface area contributed by atoms with Gasteiger partial charge in [-0.25, -0.2) is 0 Å². The molecule has 0 radical (unpaired) electrons. The first kappa shape index (κ1) is 19.1. The van der Waals surface area contributed by atoms with Crippen LogP contribution in [0.25, 0.3) is 0 Å². The highest BCUT2D eigenvalue weighted by Gasteiger charge is 2.49. The Labute approximate surface area is 142 Å². The Morgan fingerprint density at radius 1 is 0.917 bits per heavy atom. The minimum atomic E-state index is -0.533. The number of amides is 2. The highest BCUT2D eigenvalue weighted by Crippen LogP contribution is 2.27. The van der Waals surface area contributed by atoms with Crippen molar-refractivity contribution in [2.75, 3.05) is 27.4 Å². The molecule has 0 saturated carbocycles. The van der Waals surface area contributed by atoms with Gasteiger partial charge < -0.3 is 29.6 Å². The van der Waals surface area contributed by atoms with Crippen molar-refractivity contribution in [1.82, 2.24) is 10.6 Å². The quantitative estimate of drug-likeness (QED) is 0.644. The van der Waals surface area contributed by atoms with Crippen molar-refractivity contribution in [3.8, 4) is 0 Å². The molecular weight excluding hydrogens is 316 g/mol. The van der Waals surface area contributed by atoms with E-state index in [9.17, 15) is 9.59 Å². The molecule has 2 aliphatic heterocycles.